The number of nitrogens with zero attached hydrogens (tertiary/aromatic N) is 1. The molecule has 1 aromatic heterocycles. The quantitative estimate of drug-likeness (QED) is 0.781. The van der Waals surface area contributed by atoms with Gasteiger partial charge in [0.05, 0.1) is 6.61 Å². The molecule has 0 bridgehead atoms. The average Bonchev–Trinajstić information content (AvgIpc) is 2.80. The maximum absolute atomic E-state index is 12.0. The van der Waals surface area contributed by atoms with Crippen LogP contribution in [0.5, 0.6) is 0 Å². The van der Waals surface area contributed by atoms with Gasteiger partial charge in [-0.2, -0.15) is 0 Å². The SMILES string of the molecule is CCCN(CCO)C(=O)C(N)c1cccs1. The Labute approximate surface area is 99.7 Å². The summed E-state index contributed by atoms with van der Waals surface area (Å²) in [5, 5.41) is 10.8. The van der Waals surface area contributed by atoms with E-state index in [2.05, 4.69) is 0 Å². The van der Waals surface area contributed by atoms with Gasteiger partial charge >= 0.3 is 0 Å². The van der Waals surface area contributed by atoms with Crippen molar-refractivity contribution in [3.05, 3.63) is 22.4 Å². The second kappa shape index (κ2) is 6.62. The van der Waals surface area contributed by atoms with Crippen molar-refractivity contribution in [2.75, 3.05) is 19.7 Å². The fraction of sp³-hybridized carbons (Fsp3) is 0.545. The van der Waals surface area contributed by atoms with Gasteiger partial charge in [0.2, 0.25) is 5.91 Å². The fourth-order valence-corrected chi connectivity index (χ4v) is 2.23. The number of hydrogen-bond acceptors (Lipinski definition) is 4. The first kappa shape index (κ1) is 13.2. The van der Waals surface area contributed by atoms with Gasteiger partial charge in [-0.25, -0.2) is 0 Å². The van der Waals surface area contributed by atoms with Crippen LogP contribution >= 0.6 is 11.3 Å². The van der Waals surface area contributed by atoms with E-state index in [0.29, 0.717) is 13.1 Å². The van der Waals surface area contributed by atoms with E-state index in [0.717, 1.165) is 11.3 Å². The van der Waals surface area contributed by atoms with Gasteiger partial charge in [0.1, 0.15) is 6.04 Å². The van der Waals surface area contributed by atoms with Crippen LogP contribution in [0.25, 0.3) is 0 Å². The molecule has 1 unspecified atom stereocenters. The molecule has 1 heterocycles. The summed E-state index contributed by atoms with van der Waals surface area (Å²) in [5.41, 5.74) is 5.88. The number of aliphatic hydroxyl groups is 1. The zero-order valence-corrected chi connectivity index (χ0v) is 10.2. The lowest BCUT2D eigenvalue weighted by atomic mass is 10.2. The molecule has 3 N–H and O–H groups in total. The number of nitrogens with two attached hydrogens (primary N) is 1. The van der Waals surface area contributed by atoms with Gasteiger partial charge in [-0.05, 0) is 17.9 Å². The first-order chi connectivity index (χ1) is 7.70. The summed E-state index contributed by atoms with van der Waals surface area (Å²) in [6.45, 7) is 2.96. The van der Waals surface area contributed by atoms with Gasteiger partial charge in [0.15, 0.2) is 0 Å². The molecular weight excluding hydrogens is 224 g/mol. The van der Waals surface area contributed by atoms with Crippen LogP contribution in [0.4, 0.5) is 0 Å². The van der Waals surface area contributed by atoms with Crippen LogP contribution < -0.4 is 5.73 Å². The Morgan fingerprint density at radius 2 is 2.38 bits per heavy atom. The highest BCUT2D eigenvalue weighted by atomic mass is 32.1. The standard InChI is InChI=1S/C11H18N2O2S/c1-2-5-13(6-7-14)11(15)10(12)9-4-3-8-16-9/h3-4,8,10,14H,2,5-7,12H2,1H3. The molecule has 0 aliphatic heterocycles. The smallest absolute Gasteiger partial charge is 0.244 e. The van der Waals surface area contributed by atoms with Gasteiger partial charge in [-0.15, -0.1) is 11.3 Å². The average molecular weight is 242 g/mol. The van der Waals surface area contributed by atoms with Gasteiger partial charge in [-0.1, -0.05) is 13.0 Å². The molecule has 0 aliphatic carbocycles. The Bertz CT molecular complexity index is 308. The Balaban J connectivity index is 2.66. The van der Waals surface area contributed by atoms with E-state index >= 15 is 0 Å². The van der Waals surface area contributed by atoms with E-state index in [1.165, 1.54) is 11.3 Å². The molecule has 0 fully saturated rings. The minimum atomic E-state index is -0.599. The van der Waals surface area contributed by atoms with Crippen molar-refractivity contribution in [3.8, 4) is 0 Å². The third-order valence-electron chi connectivity index (χ3n) is 2.29. The Morgan fingerprint density at radius 1 is 1.62 bits per heavy atom. The van der Waals surface area contributed by atoms with Gasteiger partial charge in [0.25, 0.3) is 0 Å². The molecule has 16 heavy (non-hydrogen) atoms. The molecule has 5 heteroatoms. The molecule has 1 atom stereocenters. The largest absolute Gasteiger partial charge is 0.395 e. The molecule has 4 nitrogen and oxygen atoms in total. The van der Waals surface area contributed by atoms with Crippen molar-refractivity contribution in [3.63, 3.8) is 0 Å². The topological polar surface area (TPSA) is 66.6 Å². The van der Waals surface area contributed by atoms with Crippen LogP contribution in [-0.4, -0.2) is 35.6 Å². The lowest BCUT2D eigenvalue weighted by Crippen LogP contribution is -2.40. The highest BCUT2D eigenvalue weighted by Crippen LogP contribution is 2.18. The number of aliphatic hydroxyl groups excluding tert-OH is 1. The lowest BCUT2D eigenvalue weighted by molar-refractivity contribution is -0.133. The summed E-state index contributed by atoms with van der Waals surface area (Å²) in [6, 6.07) is 3.14. The minimum Gasteiger partial charge on any atom is -0.395 e. The third-order valence-corrected chi connectivity index (χ3v) is 3.25. The number of carbonyl (C=O) groups is 1. The van der Waals surface area contributed by atoms with Gasteiger partial charge < -0.3 is 15.7 Å². The minimum absolute atomic E-state index is 0.0249. The summed E-state index contributed by atoms with van der Waals surface area (Å²) in [4.78, 5) is 14.5. The highest BCUT2D eigenvalue weighted by molar-refractivity contribution is 7.10. The molecule has 1 aromatic rings. The van der Waals surface area contributed by atoms with Gasteiger partial charge in [-0.3, -0.25) is 4.79 Å². The van der Waals surface area contributed by atoms with Crippen molar-refractivity contribution >= 4 is 17.2 Å². The summed E-state index contributed by atoms with van der Waals surface area (Å²) in [5.74, 6) is -0.113. The highest BCUT2D eigenvalue weighted by Gasteiger charge is 2.22. The van der Waals surface area contributed by atoms with Crippen molar-refractivity contribution in [1.29, 1.82) is 0 Å². The van der Waals surface area contributed by atoms with E-state index in [1.807, 2.05) is 24.4 Å². The van der Waals surface area contributed by atoms with E-state index in [1.54, 1.807) is 4.90 Å². The van der Waals surface area contributed by atoms with Crippen LogP contribution in [0.3, 0.4) is 0 Å². The molecule has 1 amide bonds. The summed E-state index contributed by atoms with van der Waals surface area (Å²) < 4.78 is 0. The molecule has 0 saturated heterocycles. The molecule has 0 aromatic carbocycles. The number of thiophene rings is 1. The maximum Gasteiger partial charge on any atom is 0.244 e. The normalized spacial score (nSPS) is 12.4. The summed E-state index contributed by atoms with van der Waals surface area (Å²) >= 11 is 1.48. The molecule has 0 radical (unpaired) electrons. The fourth-order valence-electron chi connectivity index (χ4n) is 1.51. The molecular formula is C11H18N2O2S. The zero-order valence-electron chi connectivity index (χ0n) is 9.43. The molecule has 0 saturated carbocycles. The summed E-state index contributed by atoms with van der Waals surface area (Å²) in [7, 11) is 0. The maximum atomic E-state index is 12.0. The first-order valence-electron chi connectivity index (χ1n) is 5.39. The van der Waals surface area contributed by atoms with E-state index in [-0.39, 0.29) is 12.5 Å². The van der Waals surface area contributed by atoms with E-state index < -0.39 is 6.04 Å². The molecule has 0 aliphatic rings. The van der Waals surface area contributed by atoms with Crippen LogP contribution in [0.15, 0.2) is 17.5 Å². The number of carbonyl (C=O) groups excluding carboxylic acids is 1. The van der Waals surface area contributed by atoms with Crippen molar-refractivity contribution in [1.82, 2.24) is 4.90 Å². The van der Waals surface area contributed by atoms with Crippen molar-refractivity contribution in [2.45, 2.75) is 19.4 Å². The van der Waals surface area contributed by atoms with Crippen molar-refractivity contribution in [2.24, 2.45) is 5.73 Å². The number of rotatable bonds is 6. The van der Waals surface area contributed by atoms with Crippen LogP contribution in [0, 0.1) is 0 Å². The van der Waals surface area contributed by atoms with Crippen molar-refractivity contribution < 1.29 is 9.90 Å². The zero-order chi connectivity index (χ0) is 12.0. The second-order valence-corrected chi connectivity index (χ2v) is 4.52. The first-order valence-corrected chi connectivity index (χ1v) is 6.27. The Hall–Kier alpha value is -0.910. The molecule has 90 valence electrons. The predicted molar refractivity (Wildman–Crippen MR) is 65.2 cm³/mol. The number of hydrogen-bond donors (Lipinski definition) is 2. The predicted octanol–water partition coefficient (Wildman–Crippen LogP) is 0.979. The van der Waals surface area contributed by atoms with Crippen LogP contribution in [-0.2, 0) is 4.79 Å². The van der Waals surface area contributed by atoms with Gasteiger partial charge in [0, 0.05) is 18.0 Å². The lowest BCUT2D eigenvalue weighted by Gasteiger charge is -2.24. The molecule has 0 spiro atoms. The van der Waals surface area contributed by atoms with E-state index in [9.17, 15) is 4.79 Å². The summed E-state index contributed by atoms with van der Waals surface area (Å²) in [6.07, 6.45) is 0.864. The molecule has 1 rings (SSSR count). The second-order valence-electron chi connectivity index (χ2n) is 3.54. The van der Waals surface area contributed by atoms with Crippen LogP contribution in [0.2, 0.25) is 0 Å². The Morgan fingerprint density at radius 3 is 2.88 bits per heavy atom. The monoisotopic (exact) mass is 242 g/mol. The van der Waals surface area contributed by atoms with Crippen LogP contribution in [0.1, 0.15) is 24.3 Å². The number of amides is 1. The van der Waals surface area contributed by atoms with E-state index in [4.69, 9.17) is 10.8 Å². The Kier molecular flexibility index (Phi) is 5.45. The third kappa shape index (κ3) is 3.30.